The highest BCUT2D eigenvalue weighted by molar-refractivity contribution is 7.07. The smallest absolute Gasteiger partial charge is 0.270 e. The van der Waals surface area contributed by atoms with Gasteiger partial charge in [0, 0.05) is 44.8 Å². The SMILES string of the molecule is CCn1nccc1C(=O)NC(C(=O)Nc1ccc(C(C)C(NC(=O)c2cnns2)C(=O)N2CCN(C)CC2)cc1F)C1CCCCC1. The predicted octanol–water partition coefficient (Wildman–Crippen LogP) is 2.89. The number of halogens is 1. The third-order valence-corrected chi connectivity index (χ3v) is 9.83. The van der Waals surface area contributed by atoms with Crippen LogP contribution in [0.2, 0.25) is 0 Å². The molecule has 0 radical (unpaired) electrons. The Hall–Kier alpha value is -4.24. The van der Waals surface area contributed by atoms with Gasteiger partial charge >= 0.3 is 0 Å². The number of piperazine rings is 1. The molecule has 1 saturated carbocycles. The van der Waals surface area contributed by atoms with Gasteiger partial charge in [0.1, 0.15) is 28.5 Å². The molecule has 3 heterocycles. The van der Waals surface area contributed by atoms with Crippen molar-refractivity contribution in [1.82, 2.24) is 39.8 Å². The summed E-state index contributed by atoms with van der Waals surface area (Å²) in [4.78, 5) is 57.7. The maximum Gasteiger partial charge on any atom is 0.270 e. The fourth-order valence-corrected chi connectivity index (χ4v) is 6.70. The minimum atomic E-state index is -0.977. The fraction of sp³-hybridized carbons (Fsp3) is 0.531. The topological polar surface area (TPSA) is 154 Å². The molecule has 3 N–H and O–H groups in total. The Labute approximate surface area is 277 Å². The molecule has 1 saturated heterocycles. The molecule has 15 heteroatoms. The van der Waals surface area contributed by atoms with Crippen LogP contribution >= 0.6 is 11.5 Å². The number of hydrogen-bond acceptors (Lipinski definition) is 9. The number of aromatic nitrogens is 4. The molecule has 2 fully saturated rings. The number of hydrogen-bond donors (Lipinski definition) is 3. The monoisotopic (exact) mass is 667 g/mol. The van der Waals surface area contributed by atoms with E-state index in [4.69, 9.17) is 0 Å². The van der Waals surface area contributed by atoms with Crippen molar-refractivity contribution in [3.63, 3.8) is 0 Å². The van der Waals surface area contributed by atoms with Crippen LogP contribution in [0.4, 0.5) is 10.1 Å². The molecule has 4 amide bonds. The number of anilines is 1. The van der Waals surface area contributed by atoms with E-state index in [1.807, 2.05) is 14.0 Å². The zero-order chi connectivity index (χ0) is 33.5. The van der Waals surface area contributed by atoms with Crippen molar-refractivity contribution in [2.24, 2.45) is 5.92 Å². The highest BCUT2D eigenvalue weighted by atomic mass is 32.1. The molecule has 252 valence electrons. The molecule has 3 atom stereocenters. The summed E-state index contributed by atoms with van der Waals surface area (Å²) in [7, 11) is 1.98. The van der Waals surface area contributed by atoms with Crippen molar-refractivity contribution in [3.05, 3.63) is 58.6 Å². The zero-order valence-corrected chi connectivity index (χ0v) is 27.8. The Kier molecular flexibility index (Phi) is 11.3. The molecule has 13 nitrogen and oxygen atoms in total. The Balaban J connectivity index is 1.33. The number of aryl methyl sites for hydroxylation is 1. The molecule has 1 aliphatic heterocycles. The number of carbonyl (C=O) groups excluding carboxylic acids is 4. The van der Waals surface area contributed by atoms with Crippen LogP contribution in [0.25, 0.3) is 0 Å². The molecule has 3 unspecified atom stereocenters. The molecule has 0 spiro atoms. The Bertz CT molecular complexity index is 1550. The average molecular weight is 668 g/mol. The standard InChI is InChI=1S/C32H42FN9O4S/c1-4-42-25(12-13-35-42)29(43)38-28(21-8-6-5-7-9-21)31(45)36-24-11-10-22(18-23(24)33)20(2)27(37-30(44)26-19-34-39-47-26)32(46)41-16-14-40(3)15-17-41/h10-13,18-21,27-28H,4-9,14-17H2,1-3H3,(H,36,45)(H,37,44)(H,38,43). The van der Waals surface area contributed by atoms with Crippen LogP contribution in [-0.4, -0.2) is 98.1 Å². The zero-order valence-electron chi connectivity index (χ0n) is 26.9. The van der Waals surface area contributed by atoms with Crippen LogP contribution < -0.4 is 16.0 Å². The van der Waals surface area contributed by atoms with E-state index in [2.05, 4.69) is 35.5 Å². The molecular weight excluding hydrogens is 625 g/mol. The van der Waals surface area contributed by atoms with Crippen molar-refractivity contribution in [3.8, 4) is 0 Å². The summed E-state index contributed by atoms with van der Waals surface area (Å²) in [5, 5.41) is 16.3. The first-order valence-corrected chi connectivity index (χ1v) is 16.9. The van der Waals surface area contributed by atoms with Crippen LogP contribution in [0.3, 0.4) is 0 Å². The summed E-state index contributed by atoms with van der Waals surface area (Å²) < 4.78 is 21.0. The maximum absolute atomic E-state index is 15.7. The lowest BCUT2D eigenvalue weighted by molar-refractivity contribution is -0.135. The number of amides is 4. The van der Waals surface area contributed by atoms with Gasteiger partial charge in [0.05, 0.1) is 11.9 Å². The van der Waals surface area contributed by atoms with Crippen LogP contribution in [0.1, 0.15) is 77.6 Å². The predicted molar refractivity (Wildman–Crippen MR) is 174 cm³/mol. The summed E-state index contributed by atoms with van der Waals surface area (Å²) in [5.74, 6) is -3.04. The third-order valence-electron chi connectivity index (χ3n) is 9.17. The van der Waals surface area contributed by atoms with Gasteiger partial charge in [0.2, 0.25) is 11.8 Å². The second-order valence-corrected chi connectivity index (χ2v) is 13.0. The van der Waals surface area contributed by atoms with Gasteiger partial charge < -0.3 is 25.8 Å². The summed E-state index contributed by atoms with van der Waals surface area (Å²) in [6.45, 7) is 6.55. The molecule has 1 aromatic carbocycles. The summed E-state index contributed by atoms with van der Waals surface area (Å²) in [5.41, 5.74) is 0.784. The highest BCUT2D eigenvalue weighted by Gasteiger charge is 2.35. The lowest BCUT2D eigenvalue weighted by Gasteiger charge is -2.36. The Morgan fingerprint density at radius 2 is 1.77 bits per heavy atom. The van der Waals surface area contributed by atoms with E-state index < -0.39 is 41.5 Å². The van der Waals surface area contributed by atoms with Crippen LogP contribution in [0, 0.1) is 11.7 Å². The van der Waals surface area contributed by atoms with Gasteiger partial charge in [-0.15, -0.1) is 5.10 Å². The van der Waals surface area contributed by atoms with Crippen LogP contribution in [-0.2, 0) is 16.1 Å². The van der Waals surface area contributed by atoms with Gasteiger partial charge in [-0.2, -0.15) is 5.10 Å². The van der Waals surface area contributed by atoms with Crippen LogP contribution in [0.5, 0.6) is 0 Å². The molecule has 47 heavy (non-hydrogen) atoms. The molecule has 2 aromatic heterocycles. The first-order valence-electron chi connectivity index (χ1n) is 16.1. The van der Waals surface area contributed by atoms with E-state index in [0.29, 0.717) is 44.0 Å². The van der Waals surface area contributed by atoms with Gasteiger partial charge in [-0.1, -0.05) is 36.7 Å². The lowest BCUT2D eigenvalue weighted by Crippen LogP contribution is -2.55. The molecule has 0 bridgehead atoms. The van der Waals surface area contributed by atoms with Gasteiger partial charge in [-0.25, -0.2) is 4.39 Å². The van der Waals surface area contributed by atoms with Gasteiger partial charge in [-0.3, -0.25) is 23.9 Å². The molecule has 5 rings (SSSR count). The normalized spacial score (nSPS) is 17.8. The second kappa shape index (κ2) is 15.6. The van der Waals surface area contributed by atoms with Crippen LogP contribution in [0.15, 0.2) is 36.7 Å². The van der Waals surface area contributed by atoms with Crippen molar-refractivity contribution in [2.75, 3.05) is 38.5 Å². The number of rotatable bonds is 11. The number of nitrogens with zero attached hydrogens (tertiary/aromatic N) is 6. The number of benzene rings is 1. The van der Waals surface area contributed by atoms with E-state index in [-0.39, 0.29) is 22.4 Å². The maximum atomic E-state index is 15.7. The number of carbonyl (C=O) groups is 4. The first kappa shape index (κ1) is 34.1. The van der Waals surface area contributed by atoms with Crippen molar-refractivity contribution in [2.45, 2.75) is 70.5 Å². The molecule has 1 aliphatic carbocycles. The fourth-order valence-electron chi connectivity index (χ4n) is 6.28. The summed E-state index contributed by atoms with van der Waals surface area (Å²) >= 11 is 0.920. The highest BCUT2D eigenvalue weighted by Crippen LogP contribution is 2.29. The second-order valence-electron chi connectivity index (χ2n) is 12.3. The largest absolute Gasteiger partial charge is 0.339 e. The van der Waals surface area contributed by atoms with Gasteiger partial charge in [0.15, 0.2) is 0 Å². The minimum absolute atomic E-state index is 0.0404. The van der Waals surface area contributed by atoms with Gasteiger partial charge in [-0.05, 0) is 68.0 Å². The van der Waals surface area contributed by atoms with E-state index in [1.165, 1.54) is 24.5 Å². The van der Waals surface area contributed by atoms with E-state index in [9.17, 15) is 19.2 Å². The summed E-state index contributed by atoms with van der Waals surface area (Å²) in [6, 6.07) is 4.14. The van der Waals surface area contributed by atoms with Crippen molar-refractivity contribution < 1.29 is 23.6 Å². The average Bonchev–Trinajstić information content (AvgIpc) is 3.80. The third kappa shape index (κ3) is 8.19. The quantitative estimate of drug-likeness (QED) is 0.282. The Morgan fingerprint density at radius 3 is 2.43 bits per heavy atom. The van der Waals surface area contributed by atoms with E-state index in [0.717, 1.165) is 43.6 Å². The van der Waals surface area contributed by atoms with Crippen molar-refractivity contribution in [1.29, 1.82) is 0 Å². The molecule has 3 aromatic rings. The minimum Gasteiger partial charge on any atom is -0.339 e. The lowest BCUT2D eigenvalue weighted by atomic mass is 9.83. The molecular formula is C32H42FN9O4S. The van der Waals surface area contributed by atoms with E-state index >= 15 is 4.39 Å². The molecule has 2 aliphatic rings. The number of likely N-dealkylation sites (N-methyl/N-ethyl adjacent to an activating group) is 1. The Morgan fingerprint density at radius 1 is 1.02 bits per heavy atom. The van der Waals surface area contributed by atoms with Crippen molar-refractivity contribution >= 4 is 40.8 Å². The van der Waals surface area contributed by atoms with Gasteiger partial charge in [0.25, 0.3) is 11.8 Å². The number of nitrogens with one attached hydrogen (secondary N) is 3. The van der Waals surface area contributed by atoms with E-state index in [1.54, 1.807) is 28.6 Å². The first-order chi connectivity index (χ1) is 22.7. The summed E-state index contributed by atoms with van der Waals surface area (Å²) in [6.07, 6.45) is 7.38.